The van der Waals surface area contributed by atoms with E-state index in [1.165, 1.54) is 19.3 Å². The Kier molecular flexibility index (Phi) is 2.02. The van der Waals surface area contributed by atoms with Gasteiger partial charge in [-0.05, 0) is 35.8 Å². The van der Waals surface area contributed by atoms with Crippen LogP contribution in [0.4, 0.5) is 0 Å². The van der Waals surface area contributed by atoms with Crippen molar-refractivity contribution in [1.82, 2.24) is 0 Å². The van der Waals surface area contributed by atoms with E-state index in [4.69, 9.17) is 4.74 Å². The fraction of sp³-hybridized carbons (Fsp3) is 0.533. The van der Waals surface area contributed by atoms with E-state index in [2.05, 4.69) is 0 Å². The maximum Gasteiger partial charge on any atom is 0.309 e. The van der Waals surface area contributed by atoms with Crippen molar-refractivity contribution in [2.75, 3.05) is 7.11 Å². The third kappa shape index (κ3) is 1.22. The van der Waals surface area contributed by atoms with Gasteiger partial charge in [0.2, 0.25) is 0 Å². The van der Waals surface area contributed by atoms with Gasteiger partial charge in [-0.3, -0.25) is 14.4 Å². The van der Waals surface area contributed by atoms with Crippen molar-refractivity contribution in [3.05, 3.63) is 24.3 Å². The van der Waals surface area contributed by atoms with Crippen LogP contribution < -0.4 is 0 Å². The Morgan fingerprint density at radius 1 is 1.00 bits per heavy atom. The van der Waals surface area contributed by atoms with Gasteiger partial charge in [0.15, 0.2) is 11.6 Å². The van der Waals surface area contributed by atoms with Crippen LogP contribution in [0.3, 0.4) is 0 Å². The summed E-state index contributed by atoms with van der Waals surface area (Å²) in [6.45, 7) is 0. The summed E-state index contributed by atoms with van der Waals surface area (Å²) >= 11 is 0. The quantitative estimate of drug-likeness (QED) is 0.515. The number of carbonyl (C=O) groups is 3. The number of methoxy groups -OCH3 is 1. The molecule has 0 aromatic heterocycles. The molecule has 7 atom stereocenters. The average Bonchev–Trinajstić information content (AvgIpc) is 3.19. The minimum Gasteiger partial charge on any atom is -0.469 e. The molecule has 0 radical (unpaired) electrons. The van der Waals surface area contributed by atoms with Crippen LogP contribution in [0, 0.1) is 41.4 Å². The monoisotopic (exact) mass is 258 g/mol. The summed E-state index contributed by atoms with van der Waals surface area (Å²) in [4.78, 5) is 36.0. The molecule has 0 heterocycles. The van der Waals surface area contributed by atoms with Crippen LogP contribution >= 0.6 is 0 Å². The van der Waals surface area contributed by atoms with Crippen LogP contribution in [0.25, 0.3) is 0 Å². The molecule has 5 rings (SSSR count). The van der Waals surface area contributed by atoms with Gasteiger partial charge in [-0.15, -0.1) is 0 Å². The Hall–Kier alpha value is -1.71. The number of hydrogen-bond donors (Lipinski definition) is 0. The second-order valence-electron chi connectivity index (χ2n) is 5.93. The molecule has 19 heavy (non-hydrogen) atoms. The smallest absolute Gasteiger partial charge is 0.309 e. The zero-order valence-electron chi connectivity index (χ0n) is 10.5. The molecule has 1 unspecified atom stereocenters. The van der Waals surface area contributed by atoms with Crippen LogP contribution in [-0.4, -0.2) is 24.6 Å². The predicted molar refractivity (Wildman–Crippen MR) is 64.7 cm³/mol. The normalized spacial score (nSPS) is 48.8. The molecule has 0 N–H and O–H groups in total. The molecule has 5 aliphatic carbocycles. The molecular weight excluding hydrogens is 244 g/mol. The van der Waals surface area contributed by atoms with Gasteiger partial charge in [0.1, 0.15) is 0 Å². The largest absolute Gasteiger partial charge is 0.469 e. The molecule has 0 aliphatic heterocycles. The molecule has 4 nitrogen and oxygen atoms in total. The minimum absolute atomic E-state index is 0.0329. The molecule has 98 valence electrons. The first kappa shape index (κ1) is 11.1. The SMILES string of the molecule is COC(=O)C1[C@@H]2[C@@H]3C=C[C@@H]([C@H]4C(=O)C=CC(=O)[C@@H]34)[C@H]12. The number of allylic oxidation sites excluding steroid dienone is 4. The summed E-state index contributed by atoms with van der Waals surface area (Å²) in [5.74, 6) is -0.265. The van der Waals surface area contributed by atoms with Gasteiger partial charge in [-0.1, -0.05) is 12.2 Å². The molecule has 2 bridgehead atoms. The number of esters is 1. The van der Waals surface area contributed by atoms with Crippen LogP contribution in [0.2, 0.25) is 0 Å². The topological polar surface area (TPSA) is 60.4 Å². The van der Waals surface area contributed by atoms with Crippen molar-refractivity contribution in [3.63, 3.8) is 0 Å². The summed E-state index contributed by atoms with van der Waals surface area (Å²) in [7, 11) is 1.40. The second kappa shape index (κ2) is 3.44. The van der Waals surface area contributed by atoms with Crippen LogP contribution in [0.5, 0.6) is 0 Å². The average molecular weight is 258 g/mol. The third-order valence-corrected chi connectivity index (χ3v) is 5.34. The second-order valence-corrected chi connectivity index (χ2v) is 5.93. The summed E-state index contributed by atoms with van der Waals surface area (Å²) in [6.07, 6.45) is 6.89. The maximum atomic E-state index is 12.1. The van der Waals surface area contributed by atoms with Crippen LogP contribution in [-0.2, 0) is 19.1 Å². The van der Waals surface area contributed by atoms with E-state index >= 15 is 0 Å². The van der Waals surface area contributed by atoms with Gasteiger partial charge in [-0.2, -0.15) is 0 Å². The van der Waals surface area contributed by atoms with E-state index in [1.807, 2.05) is 12.2 Å². The molecule has 0 amide bonds. The summed E-state index contributed by atoms with van der Waals surface area (Å²) in [6, 6.07) is 0. The van der Waals surface area contributed by atoms with E-state index in [0.717, 1.165) is 0 Å². The van der Waals surface area contributed by atoms with Gasteiger partial charge in [0, 0.05) is 11.8 Å². The molecule has 4 heteroatoms. The number of ether oxygens (including phenoxy) is 1. The Morgan fingerprint density at radius 2 is 1.47 bits per heavy atom. The van der Waals surface area contributed by atoms with Crippen molar-refractivity contribution < 1.29 is 19.1 Å². The molecule has 2 fully saturated rings. The lowest BCUT2D eigenvalue weighted by Crippen LogP contribution is -2.47. The third-order valence-electron chi connectivity index (χ3n) is 5.34. The number of ketones is 2. The number of rotatable bonds is 1. The van der Waals surface area contributed by atoms with Crippen LogP contribution in [0.15, 0.2) is 24.3 Å². The highest BCUT2D eigenvalue weighted by Crippen LogP contribution is 2.68. The van der Waals surface area contributed by atoms with E-state index in [-0.39, 0.29) is 59.0 Å². The molecule has 0 spiro atoms. The molecular formula is C15H14O4. The maximum absolute atomic E-state index is 12.1. The van der Waals surface area contributed by atoms with Gasteiger partial charge < -0.3 is 4.74 Å². The zero-order chi connectivity index (χ0) is 13.3. The highest BCUT2D eigenvalue weighted by atomic mass is 16.5. The zero-order valence-corrected chi connectivity index (χ0v) is 10.5. The molecule has 0 aromatic rings. The Balaban J connectivity index is 1.75. The number of carbonyl (C=O) groups excluding carboxylic acids is 3. The Morgan fingerprint density at radius 3 is 1.89 bits per heavy atom. The fourth-order valence-corrected chi connectivity index (χ4v) is 4.63. The van der Waals surface area contributed by atoms with E-state index in [1.54, 1.807) is 0 Å². The van der Waals surface area contributed by atoms with Crippen LogP contribution in [0.1, 0.15) is 0 Å². The van der Waals surface area contributed by atoms with Gasteiger partial charge in [-0.25, -0.2) is 0 Å². The van der Waals surface area contributed by atoms with Crippen molar-refractivity contribution in [2.24, 2.45) is 41.4 Å². The van der Waals surface area contributed by atoms with Gasteiger partial charge >= 0.3 is 5.97 Å². The lowest BCUT2D eigenvalue weighted by molar-refractivity contribution is -0.143. The summed E-state index contributed by atoms with van der Waals surface area (Å²) in [5, 5.41) is 0. The van der Waals surface area contributed by atoms with Crippen molar-refractivity contribution in [1.29, 1.82) is 0 Å². The molecule has 0 aromatic carbocycles. The first-order valence-corrected chi connectivity index (χ1v) is 6.67. The summed E-state index contributed by atoms with van der Waals surface area (Å²) in [5.41, 5.74) is 0. The minimum atomic E-state index is -0.247. The first-order chi connectivity index (χ1) is 9.15. The van der Waals surface area contributed by atoms with E-state index < -0.39 is 0 Å². The molecule has 0 saturated heterocycles. The van der Waals surface area contributed by atoms with Crippen molar-refractivity contribution in [2.45, 2.75) is 0 Å². The highest BCUT2D eigenvalue weighted by Gasteiger charge is 2.70. The fourth-order valence-electron chi connectivity index (χ4n) is 4.63. The molecule has 2 saturated carbocycles. The highest BCUT2D eigenvalue weighted by molar-refractivity contribution is 6.08. The lowest BCUT2D eigenvalue weighted by atomic mass is 9.58. The standard InChI is InChI=1S/C15H14O4/c1-19-15(18)14-12-6-2-3-7(13(12)14)11-9(17)5-4-8(16)10(6)11/h2-7,10-14H,1H3/t6-,7+,10-,11+,12-,13+,14?. The summed E-state index contributed by atoms with van der Waals surface area (Å²) < 4.78 is 4.85. The number of hydrogen-bond acceptors (Lipinski definition) is 4. The Bertz CT molecular complexity index is 518. The van der Waals surface area contributed by atoms with E-state index in [0.29, 0.717) is 0 Å². The predicted octanol–water partition coefficient (Wildman–Crippen LogP) is 0.778. The van der Waals surface area contributed by atoms with Gasteiger partial charge in [0.25, 0.3) is 0 Å². The van der Waals surface area contributed by atoms with Crippen molar-refractivity contribution in [3.8, 4) is 0 Å². The molecule has 5 aliphatic rings. The first-order valence-electron chi connectivity index (χ1n) is 6.67. The van der Waals surface area contributed by atoms with Gasteiger partial charge in [0.05, 0.1) is 13.0 Å². The lowest BCUT2D eigenvalue weighted by Gasteiger charge is -2.43. The Labute approximate surface area is 110 Å². The van der Waals surface area contributed by atoms with Crippen molar-refractivity contribution >= 4 is 17.5 Å². The van der Waals surface area contributed by atoms with E-state index in [9.17, 15) is 14.4 Å².